The molecule has 2 aromatic carbocycles. The summed E-state index contributed by atoms with van der Waals surface area (Å²) in [6.45, 7) is 0. The lowest BCUT2D eigenvalue weighted by Crippen LogP contribution is -1.89. The minimum Gasteiger partial charge on any atom is -0.494 e. The molecular formula is C14H10Cl2N5O4+. The first-order valence-electron chi connectivity index (χ1n) is 6.57. The Morgan fingerprint density at radius 1 is 1.04 bits per heavy atom. The van der Waals surface area contributed by atoms with E-state index in [9.17, 15) is 10.1 Å². The number of rotatable bonds is 5. The van der Waals surface area contributed by atoms with E-state index in [1.54, 1.807) is 0 Å². The van der Waals surface area contributed by atoms with Crippen LogP contribution in [0.5, 0.6) is 11.5 Å². The highest BCUT2D eigenvalue weighted by atomic mass is 35.5. The molecule has 0 aromatic heterocycles. The maximum Gasteiger partial charge on any atom is 0.392 e. The fraction of sp³-hybridized carbons (Fsp3) is 0.143. The molecule has 11 heteroatoms. The van der Waals surface area contributed by atoms with E-state index >= 15 is 0 Å². The second-order valence-corrected chi connectivity index (χ2v) is 5.33. The van der Waals surface area contributed by atoms with Crippen molar-refractivity contribution in [3.63, 3.8) is 0 Å². The largest absolute Gasteiger partial charge is 0.494 e. The van der Waals surface area contributed by atoms with Crippen molar-refractivity contribution in [1.82, 2.24) is 0 Å². The summed E-state index contributed by atoms with van der Waals surface area (Å²) >= 11 is 12.0. The lowest BCUT2D eigenvalue weighted by molar-refractivity contribution is -0.384. The first-order chi connectivity index (χ1) is 11.9. The van der Waals surface area contributed by atoms with Gasteiger partial charge in [0.25, 0.3) is 5.69 Å². The molecule has 0 saturated carbocycles. The molecule has 128 valence electrons. The van der Waals surface area contributed by atoms with E-state index in [0.717, 1.165) is 12.1 Å². The number of benzene rings is 2. The van der Waals surface area contributed by atoms with Gasteiger partial charge in [-0.2, -0.15) is 0 Å². The van der Waals surface area contributed by atoms with Crippen LogP contribution in [0.4, 0.5) is 22.7 Å². The normalized spacial score (nSPS) is 10.5. The van der Waals surface area contributed by atoms with Crippen molar-refractivity contribution in [3.8, 4) is 11.5 Å². The quantitative estimate of drug-likeness (QED) is 0.279. The predicted molar refractivity (Wildman–Crippen MR) is 91.6 cm³/mol. The number of methoxy groups -OCH3 is 2. The van der Waals surface area contributed by atoms with E-state index in [-0.39, 0.29) is 44.3 Å². The third-order valence-electron chi connectivity index (χ3n) is 3.04. The zero-order valence-corrected chi connectivity index (χ0v) is 14.4. The summed E-state index contributed by atoms with van der Waals surface area (Å²) in [7, 11) is 2.78. The smallest absolute Gasteiger partial charge is 0.392 e. The van der Waals surface area contributed by atoms with Gasteiger partial charge in [-0.1, -0.05) is 23.2 Å². The van der Waals surface area contributed by atoms with Gasteiger partial charge in [0.1, 0.15) is 5.69 Å². The molecule has 0 unspecified atom stereocenters. The van der Waals surface area contributed by atoms with E-state index in [1.165, 1.54) is 26.4 Å². The van der Waals surface area contributed by atoms with Crippen LogP contribution in [-0.2, 0) is 0 Å². The number of non-ortho nitro benzene ring substituents is 1. The van der Waals surface area contributed by atoms with Crippen molar-refractivity contribution >= 4 is 46.0 Å². The maximum atomic E-state index is 10.8. The molecule has 0 aliphatic rings. The molecule has 2 aromatic rings. The fourth-order valence-electron chi connectivity index (χ4n) is 1.89. The summed E-state index contributed by atoms with van der Waals surface area (Å²) in [6.07, 6.45) is 0. The van der Waals surface area contributed by atoms with Crippen molar-refractivity contribution in [1.29, 1.82) is 5.39 Å². The lowest BCUT2D eigenvalue weighted by atomic mass is 10.2. The number of nitro benzene ring substituents is 1. The average Bonchev–Trinajstić information content (AvgIpc) is 2.60. The zero-order chi connectivity index (χ0) is 18.6. The standard InChI is InChI=1S/C14H10Cl2N5O4/c1-24-11-3-7(18-17)4-12(25-2)14(11)20-19-13-9(15)5-8(21(22)23)6-10(13)16/h3-6H,1-2H3/q+1. The summed E-state index contributed by atoms with van der Waals surface area (Å²) in [4.78, 5) is 13.2. The number of hydrogen-bond acceptors (Lipinski definition) is 7. The molecule has 0 aliphatic heterocycles. The summed E-state index contributed by atoms with van der Waals surface area (Å²) in [5.41, 5.74) is 0.175. The Morgan fingerprint density at radius 3 is 1.92 bits per heavy atom. The molecule has 0 radical (unpaired) electrons. The molecule has 0 spiro atoms. The van der Waals surface area contributed by atoms with Gasteiger partial charge in [0.15, 0.2) is 22.2 Å². The molecule has 0 bridgehead atoms. The third-order valence-corrected chi connectivity index (χ3v) is 3.62. The van der Waals surface area contributed by atoms with Gasteiger partial charge >= 0.3 is 5.69 Å². The monoisotopic (exact) mass is 382 g/mol. The van der Waals surface area contributed by atoms with E-state index < -0.39 is 4.92 Å². The second-order valence-electron chi connectivity index (χ2n) is 4.51. The first kappa shape index (κ1) is 18.4. The Hall–Kier alpha value is -2.96. The number of hydrogen-bond donors (Lipinski definition) is 0. The second kappa shape index (κ2) is 7.74. The molecule has 25 heavy (non-hydrogen) atoms. The van der Waals surface area contributed by atoms with Gasteiger partial charge in [-0.05, 0) is 0 Å². The highest BCUT2D eigenvalue weighted by molar-refractivity contribution is 6.39. The molecule has 0 atom stereocenters. The predicted octanol–water partition coefficient (Wildman–Crippen LogP) is 5.82. The Morgan fingerprint density at radius 2 is 1.52 bits per heavy atom. The Kier molecular flexibility index (Phi) is 5.69. The molecule has 0 fully saturated rings. The minimum atomic E-state index is -0.623. The number of nitrogens with zero attached hydrogens (tertiary/aromatic N) is 5. The molecule has 0 aliphatic carbocycles. The fourth-order valence-corrected chi connectivity index (χ4v) is 2.44. The van der Waals surface area contributed by atoms with Gasteiger partial charge in [-0.15, -0.1) is 10.2 Å². The van der Waals surface area contributed by atoms with Crippen LogP contribution < -0.4 is 9.47 Å². The van der Waals surface area contributed by atoms with E-state index in [1.807, 2.05) is 0 Å². The van der Waals surface area contributed by atoms with E-state index in [0.29, 0.717) is 0 Å². The van der Waals surface area contributed by atoms with Crippen molar-refractivity contribution in [2.75, 3.05) is 14.2 Å². The van der Waals surface area contributed by atoms with Crippen molar-refractivity contribution < 1.29 is 14.4 Å². The van der Waals surface area contributed by atoms with Gasteiger partial charge in [0.2, 0.25) is 5.39 Å². The van der Waals surface area contributed by atoms with Crippen LogP contribution in [-0.4, -0.2) is 19.1 Å². The molecule has 0 saturated heterocycles. The summed E-state index contributed by atoms with van der Waals surface area (Å²) in [6, 6.07) is 5.06. The molecule has 0 N–H and O–H groups in total. The van der Waals surface area contributed by atoms with Crippen molar-refractivity contribution in [2.45, 2.75) is 0 Å². The molecular weight excluding hydrogens is 373 g/mol. The van der Waals surface area contributed by atoms with Gasteiger partial charge < -0.3 is 9.47 Å². The molecule has 0 amide bonds. The number of ether oxygens (including phenoxy) is 2. The SMILES string of the molecule is COc1cc([N+]#N)cc(OC)c1N=Nc1c(Cl)cc([N+](=O)[O-])cc1Cl. The Balaban J connectivity index is 2.53. The minimum absolute atomic E-state index is 0.0390. The topological polar surface area (TPSA) is 114 Å². The van der Waals surface area contributed by atoms with E-state index in [2.05, 4.69) is 15.2 Å². The molecule has 2 rings (SSSR count). The third kappa shape index (κ3) is 3.93. The Bertz CT molecular complexity index is 863. The van der Waals surface area contributed by atoms with Crippen molar-refractivity contribution in [2.24, 2.45) is 10.2 Å². The van der Waals surface area contributed by atoms with Crippen LogP contribution in [0.3, 0.4) is 0 Å². The molecule has 9 nitrogen and oxygen atoms in total. The van der Waals surface area contributed by atoms with Crippen LogP contribution >= 0.6 is 23.2 Å². The van der Waals surface area contributed by atoms with Crippen molar-refractivity contribution in [3.05, 3.63) is 49.4 Å². The van der Waals surface area contributed by atoms with Gasteiger partial charge in [-0.3, -0.25) is 10.1 Å². The maximum absolute atomic E-state index is 10.8. The zero-order valence-electron chi connectivity index (χ0n) is 12.9. The van der Waals surface area contributed by atoms with Crippen LogP contribution in [0.2, 0.25) is 10.0 Å². The first-order valence-corrected chi connectivity index (χ1v) is 7.33. The summed E-state index contributed by atoms with van der Waals surface area (Å²) < 4.78 is 10.3. The number of nitro groups is 1. The van der Waals surface area contributed by atoms with Crippen LogP contribution in [0.15, 0.2) is 34.5 Å². The van der Waals surface area contributed by atoms with E-state index in [4.69, 9.17) is 38.1 Å². The van der Waals surface area contributed by atoms with Gasteiger partial charge in [-0.25, -0.2) is 0 Å². The average molecular weight is 383 g/mol. The van der Waals surface area contributed by atoms with Crippen LogP contribution in [0.25, 0.3) is 4.98 Å². The lowest BCUT2D eigenvalue weighted by Gasteiger charge is -2.07. The van der Waals surface area contributed by atoms with Crippen LogP contribution in [0, 0.1) is 15.5 Å². The highest BCUT2D eigenvalue weighted by Crippen LogP contribution is 2.44. The summed E-state index contributed by atoms with van der Waals surface area (Å²) in [5, 5.41) is 27.5. The van der Waals surface area contributed by atoms with Crippen LogP contribution in [0.1, 0.15) is 0 Å². The molecule has 0 heterocycles. The number of halogens is 2. The highest BCUT2D eigenvalue weighted by Gasteiger charge is 2.19. The number of diazo groups is 1. The Labute approximate surface area is 151 Å². The van der Waals surface area contributed by atoms with Gasteiger partial charge in [0.05, 0.1) is 41.3 Å². The summed E-state index contributed by atoms with van der Waals surface area (Å²) in [5.74, 6) is 0.454. The van der Waals surface area contributed by atoms with Gasteiger partial charge in [0, 0.05) is 12.1 Å². The number of azo groups is 1.